The van der Waals surface area contributed by atoms with Gasteiger partial charge in [-0.3, -0.25) is 4.79 Å². The summed E-state index contributed by atoms with van der Waals surface area (Å²) in [4.78, 5) is 11.8. The lowest BCUT2D eigenvalue weighted by molar-refractivity contribution is -0.0497. The van der Waals surface area contributed by atoms with Crippen LogP contribution in [0.2, 0.25) is 0 Å². The van der Waals surface area contributed by atoms with Crippen molar-refractivity contribution in [3.8, 4) is 5.75 Å². The molecule has 1 aromatic heterocycles. The van der Waals surface area contributed by atoms with Crippen molar-refractivity contribution in [1.82, 2.24) is 0 Å². The number of halogens is 3. The van der Waals surface area contributed by atoms with E-state index in [1.165, 1.54) is 30.5 Å². The number of carbonyl (C=O) groups excluding carboxylic acids is 1. The number of amides is 1. The number of hydrogen-bond acceptors (Lipinski definition) is 3. The fourth-order valence-electron chi connectivity index (χ4n) is 1.40. The van der Waals surface area contributed by atoms with Crippen LogP contribution in [0.1, 0.15) is 10.4 Å². The smallest absolute Gasteiger partial charge is 0.387 e. The van der Waals surface area contributed by atoms with Crippen LogP contribution in [0.15, 0.2) is 45.7 Å². The zero-order valence-electron chi connectivity index (χ0n) is 9.40. The van der Waals surface area contributed by atoms with Crippen molar-refractivity contribution in [2.24, 2.45) is 0 Å². The number of carbonyl (C=O) groups is 1. The molecular formula is C12H8BrF2NO3. The number of nitrogens with one attached hydrogen (secondary N) is 1. The Hall–Kier alpha value is -1.89. The fourth-order valence-corrected chi connectivity index (χ4v) is 1.82. The summed E-state index contributed by atoms with van der Waals surface area (Å²) in [5.41, 5.74) is 0.649. The minimum Gasteiger partial charge on any atom is -0.457 e. The van der Waals surface area contributed by atoms with Crippen molar-refractivity contribution in [2.75, 3.05) is 5.32 Å². The van der Waals surface area contributed by atoms with Gasteiger partial charge in [0.2, 0.25) is 0 Å². The second kappa shape index (κ2) is 5.83. The highest BCUT2D eigenvalue weighted by Crippen LogP contribution is 2.22. The molecule has 0 radical (unpaired) electrons. The van der Waals surface area contributed by atoms with Gasteiger partial charge in [0.1, 0.15) is 5.75 Å². The minimum absolute atomic E-state index is 0.0286. The Kier molecular flexibility index (Phi) is 4.16. The van der Waals surface area contributed by atoms with Gasteiger partial charge in [-0.2, -0.15) is 8.78 Å². The van der Waals surface area contributed by atoms with Crippen LogP contribution in [-0.4, -0.2) is 12.5 Å². The van der Waals surface area contributed by atoms with E-state index >= 15 is 0 Å². The van der Waals surface area contributed by atoms with Gasteiger partial charge in [0.15, 0.2) is 4.67 Å². The Morgan fingerprint density at radius 3 is 2.79 bits per heavy atom. The van der Waals surface area contributed by atoms with Crippen molar-refractivity contribution >= 4 is 27.5 Å². The molecule has 1 amide bonds. The first-order valence-electron chi connectivity index (χ1n) is 5.15. The second-order valence-corrected chi connectivity index (χ2v) is 4.19. The van der Waals surface area contributed by atoms with Gasteiger partial charge in [0.25, 0.3) is 5.91 Å². The average molecular weight is 332 g/mol. The largest absolute Gasteiger partial charge is 0.457 e. The summed E-state index contributed by atoms with van der Waals surface area (Å²) in [5.74, 6) is -0.450. The van der Waals surface area contributed by atoms with Gasteiger partial charge in [-0.15, -0.1) is 0 Å². The Bertz CT molecular complexity index is 586. The van der Waals surface area contributed by atoms with E-state index in [0.29, 0.717) is 15.9 Å². The predicted molar refractivity (Wildman–Crippen MR) is 67.4 cm³/mol. The monoisotopic (exact) mass is 331 g/mol. The highest BCUT2D eigenvalue weighted by Gasteiger charge is 2.13. The van der Waals surface area contributed by atoms with E-state index in [-0.39, 0.29) is 5.75 Å². The predicted octanol–water partition coefficient (Wildman–Crippen LogP) is 3.90. The zero-order chi connectivity index (χ0) is 13.8. The van der Waals surface area contributed by atoms with E-state index in [9.17, 15) is 13.6 Å². The number of alkyl halides is 2. The van der Waals surface area contributed by atoms with Gasteiger partial charge in [-0.1, -0.05) is 6.07 Å². The quantitative estimate of drug-likeness (QED) is 0.924. The summed E-state index contributed by atoms with van der Waals surface area (Å²) in [5, 5.41) is 2.54. The molecule has 100 valence electrons. The maximum Gasteiger partial charge on any atom is 0.387 e. The molecule has 2 aromatic rings. The second-order valence-electron chi connectivity index (χ2n) is 3.47. The number of furan rings is 1. The molecule has 2 rings (SSSR count). The molecule has 1 aromatic carbocycles. The highest BCUT2D eigenvalue weighted by atomic mass is 79.9. The summed E-state index contributed by atoms with van der Waals surface area (Å²) in [6, 6.07) is 7.22. The Morgan fingerprint density at radius 1 is 1.37 bits per heavy atom. The molecule has 0 atom stereocenters. The molecule has 0 aliphatic heterocycles. The van der Waals surface area contributed by atoms with Crippen LogP contribution in [-0.2, 0) is 0 Å². The van der Waals surface area contributed by atoms with Crippen molar-refractivity contribution in [3.05, 3.63) is 46.8 Å². The molecule has 1 heterocycles. The number of anilines is 1. The van der Waals surface area contributed by atoms with Gasteiger partial charge < -0.3 is 14.5 Å². The Balaban J connectivity index is 2.11. The van der Waals surface area contributed by atoms with Crippen molar-refractivity contribution < 1.29 is 22.7 Å². The summed E-state index contributed by atoms with van der Waals surface area (Å²) in [6.07, 6.45) is 1.36. The summed E-state index contributed by atoms with van der Waals surface area (Å²) in [7, 11) is 0. The normalized spacial score (nSPS) is 10.5. The SMILES string of the molecule is O=C(Nc1cccc(OC(F)F)c1)c1ccoc1Br. The lowest BCUT2D eigenvalue weighted by Gasteiger charge is -2.07. The first kappa shape index (κ1) is 13.5. The van der Waals surface area contributed by atoms with E-state index < -0.39 is 12.5 Å². The number of rotatable bonds is 4. The van der Waals surface area contributed by atoms with Gasteiger partial charge in [-0.05, 0) is 34.1 Å². The fraction of sp³-hybridized carbons (Fsp3) is 0.0833. The van der Waals surface area contributed by atoms with Crippen LogP contribution in [0.3, 0.4) is 0 Å². The highest BCUT2D eigenvalue weighted by molar-refractivity contribution is 9.10. The lowest BCUT2D eigenvalue weighted by Crippen LogP contribution is -2.11. The van der Waals surface area contributed by atoms with Crippen LogP contribution < -0.4 is 10.1 Å². The van der Waals surface area contributed by atoms with Crippen LogP contribution in [0.4, 0.5) is 14.5 Å². The van der Waals surface area contributed by atoms with Crippen molar-refractivity contribution in [1.29, 1.82) is 0 Å². The topological polar surface area (TPSA) is 51.5 Å². The molecule has 0 spiro atoms. The van der Waals surface area contributed by atoms with E-state index in [1.807, 2.05) is 0 Å². The molecule has 4 nitrogen and oxygen atoms in total. The number of ether oxygens (including phenoxy) is 1. The van der Waals surface area contributed by atoms with Crippen LogP contribution in [0, 0.1) is 0 Å². The van der Waals surface area contributed by atoms with Gasteiger partial charge in [0.05, 0.1) is 11.8 Å². The maximum atomic E-state index is 12.1. The van der Waals surface area contributed by atoms with Crippen molar-refractivity contribution in [2.45, 2.75) is 6.61 Å². The summed E-state index contributed by atoms with van der Waals surface area (Å²) < 4.78 is 33.6. The van der Waals surface area contributed by atoms with E-state index in [4.69, 9.17) is 4.42 Å². The third kappa shape index (κ3) is 3.54. The molecule has 1 N–H and O–H groups in total. The minimum atomic E-state index is -2.91. The van der Waals surface area contributed by atoms with Gasteiger partial charge >= 0.3 is 6.61 Å². The van der Waals surface area contributed by atoms with Crippen LogP contribution in [0.25, 0.3) is 0 Å². The van der Waals surface area contributed by atoms with Crippen molar-refractivity contribution in [3.63, 3.8) is 0 Å². The molecule has 0 unspecified atom stereocenters. The molecule has 0 saturated carbocycles. The first-order chi connectivity index (χ1) is 9.06. The molecule has 0 aliphatic rings. The van der Waals surface area contributed by atoms with Crippen LogP contribution in [0.5, 0.6) is 5.75 Å². The summed E-state index contributed by atoms with van der Waals surface area (Å²) in [6.45, 7) is -2.91. The third-order valence-electron chi connectivity index (χ3n) is 2.18. The molecule has 0 fully saturated rings. The first-order valence-corrected chi connectivity index (χ1v) is 5.95. The molecular weight excluding hydrogens is 324 g/mol. The standard InChI is InChI=1S/C12H8BrF2NO3/c13-10-9(4-5-18-10)11(17)16-7-2-1-3-8(6-7)19-12(14)15/h1-6,12H,(H,16,17). The zero-order valence-corrected chi connectivity index (χ0v) is 11.0. The van der Waals surface area contributed by atoms with Gasteiger partial charge in [-0.25, -0.2) is 0 Å². The lowest BCUT2D eigenvalue weighted by atomic mass is 10.2. The molecule has 0 bridgehead atoms. The Morgan fingerprint density at radius 2 is 2.16 bits per heavy atom. The van der Waals surface area contributed by atoms with E-state index in [1.54, 1.807) is 6.07 Å². The van der Waals surface area contributed by atoms with Gasteiger partial charge in [0, 0.05) is 11.8 Å². The average Bonchev–Trinajstić information content (AvgIpc) is 2.75. The third-order valence-corrected chi connectivity index (χ3v) is 2.79. The number of hydrogen-bond donors (Lipinski definition) is 1. The summed E-state index contributed by atoms with van der Waals surface area (Å²) >= 11 is 3.08. The maximum absolute atomic E-state index is 12.1. The molecule has 0 aliphatic carbocycles. The number of benzene rings is 1. The Labute approximate surface area is 115 Å². The van der Waals surface area contributed by atoms with E-state index in [0.717, 1.165) is 0 Å². The molecule has 0 saturated heterocycles. The molecule has 7 heteroatoms. The van der Waals surface area contributed by atoms with Crippen LogP contribution >= 0.6 is 15.9 Å². The molecule has 19 heavy (non-hydrogen) atoms. The van der Waals surface area contributed by atoms with E-state index in [2.05, 4.69) is 26.0 Å².